The Morgan fingerprint density at radius 2 is 1.66 bits per heavy atom. The quantitative estimate of drug-likeness (QED) is 0.0389. The van der Waals surface area contributed by atoms with Crippen LogP contribution in [-0.4, -0.2) is 69.9 Å². The van der Waals surface area contributed by atoms with Gasteiger partial charge in [-0.25, -0.2) is 4.39 Å². The van der Waals surface area contributed by atoms with Crippen molar-refractivity contribution in [3.63, 3.8) is 0 Å². The largest absolute Gasteiger partial charge is 0.550 e. The number of benzene rings is 1. The van der Waals surface area contributed by atoms with E-state index < -0.39 is 36.3 Å². The zero-order chi connectivity index (χ0) is 30.8. The van der Waals surface area contributed by atoms with E-state index in [4.69, 9.17) is 11.5 Å². The fourth-order valence-electron chi connectivity index (χ4n) is 4.90. The molecule has 234 valence electrons. The van der Waals surface area contributed by atoms with Crippen LogP contribution in [0.5, 0.6) is 0 Å². The summed E-state index contributed by atoms with van der Waals surface area (Å²) in [6, 6.07) is 5.82. The number of hydrogen-bond donors (Lipinski definition) is 7. The summed E-state index contributed by atoms with van der Waals surface area (Å²) in [5, 5.41) is 51.5. The van der Waals surface area contributed by atoms with Gasteiger partial charge in [0.1, 0.15) is 11.9 Å². The molecule has 0 amide bonds. The molecule has 0 saturated heterocycles. The highest BCUT2D eigenvalue weighted by Crippen LogP contribution is 2.39. The van der Waals surface area contributed by atoms with Crippen LogP contribution in [0.4, 0.5) is 4.39 Å². The maximum Gasteiger partial charge on any atom is 0.338 e. The molecule has 1 aromatic rings. The van der Waals surface area contributed by atoms with Crippen molar-refractivity contribution in [2.24, 2.45) is 23.3 Å². The number of thioether (sulfide) groups is 1. The van der Waals surface area contributed by atoms with Crippen molar-refractivity contribution in [2.45, 2.75) is 99.9 Å². The molecule has 1 aliphatic rings. The summed E-state index contributed by atoms with van der Waals surface area (Å²) in [5.41, 5.74) is 13.6. The van der Waals surface area contributed by atoms with E-state index in [1.54, 1.807) is 18.2 Å². The molecule has 0 spiro atoms. The Labute approximate surface area is 245 Å². The van der Waals surface area contributed by atoms with E-state index in [1.165, 1.54) is 17.8 Å². The number of rotatable bonds is 18. The number of halogens is 1. The van der Waals surface area contributed by atoms with Crippen molar-refractivity contribution in [3.05, 3.63) is 30.1 Å². The highest BCUT2D eigenvalue weighted by molar-refractivity contribution is 7.99. The van der Waals surface area contributed by atoms with Gasteiger partial charge >= 0.3 is 5.96 Å². The average molecular weight is 603 g/mol. The molecule has 0 aromatic heterocycles. The van der Waals surface area contributed by atoms with E-state index in [-0.39, 0.29) is 30.0 Å². The van der Waals surface area contributed by atoms with Crippen molar-refractivity contribution >= 4 is 29.7 Å². The minimum Gasteiger partial charge on any atom is -0.550 e. The Balaban J connectivity index is 0.000000590. The number of carboxylic acids is 2. The molecule has 1 aromatic carbocycles. The number of nitrogens with one attached hydrogen (secondary N) is 1. The second kappa shape index (κ2) is 20.4. The van der Waals surface area contributed by atoms with Crippen molar-refractivity contribution in [1.82, 2.24) is 0 Å². The van der Waals surface area contributed by atoms with Gasteiger partial charge in [-0.1, -0.05) is 31.4 Å². The highest BCUT2D eigenvalue weighted by Gasteiger charge is 2.40. The number of carboxylic acid groups (broad SMARTS) is 2. The molecule has 13 heteroatoms. The summed E-state index contributed by atoms with van der Waals surface area (Å²) in [5.74, 6) is -1.97. The maximum atomic E-state index is 13.7. The normalized spacial score (nSPS) is 21.4. The number of quaternary nitrogens is 1. The molecule has 2 rings (SSSR count). The SMILES string of the molecule is NC(N)=[NH+]CCC[C@H]([NH3+])C(=O)[O-].O=C([O-])CCCCCC[C@@H]1[C@@H](CC[C@@H](O)CSc2ccccc2F)[C@H](O)C[C@@H]1O. The molecule has 1 fully saturated rings. The second-order valence-electron chi connectivity index (χ2n) is 10.5. The van der Waals surface area contributed by atoms with Gasteiger partial charge < -0.3 is 40.9 Å². The number of carbonyl (C=O) groups excluding carboxylic acids is 2. The number of nitrogens with two attached hydrogens (primary N) is 2. The van der Waals surface area contributed by atoms with Crippen LogP contribution in [0, 0.1) is 17.7 Å². The molecule has 0 unspecified atom stereocenters. The summed E-state index contributed by atoms with van der Waals surface area (Å²) in [7, 11) is 0. The zero-order valence-electron chi connectivity index (χ0n) is 23.6. The maximum absolute atomic E-state index is 13.7. The summed E-state index contributed by atoms with van der Waals surface area (Å²) >= 11 is 1.28. The number of aliphatic hydroxyl groups is 3. The third kappa shape index (κ3) is 15.9. The zero-order valence-corrected chi connectivity index (χ0v) is 24.4. The fourth-order valence-corrected chi connectivity index (χ4v) is 5.82. The third-order valence-electron chi connectivity index (χ3n) is 7.18. The van der Waals surface area contributed by atoms with Gasteiger partial charge in [0, 0.05) is 23.0 Å². The monoisotopic (exact) mass is 602 g/mol. The number of hydrogen-bond acceptors (Lipinski definition) is 8. The van der Waals surface area contributed by atoms with E-state index in [0.29, 0.717) is 55.7 Å². The smallest absolute Gasteiger partial charge is 0.338 e. The molecule has 0 bridgehead atoms. The fraction of sp³-hybridized carbons (Fsp3) is 0.679. The number of unbranched alkanes of at least 4 members (excludes halogenated alkanes) is 3. The first kappa shape index (κ1) is 36.6. The Kier molecular flexibility index (Phi) is 18.2. The lowest BCUT2D eigenvalue weighted by Crippen LogP contribution is -2.78. The molecule has 0 radical (unpaired) electrons. The lowest BCUT2D eigenvalue weighted by molar-refractivity contribution is -0.466. The van der Waals surface area contributed by atoms with Gasteiger partial charge in [0.2, 0.25) is 0 Å². The van der Waals surface area contributed by atoms with Gasteiger partial charge in [-0.3, -0.25) is 16.5 Å². The molecule has 1 saturated carbocycles. The van der Waals surface area contributed by atoms with E-state index in [9.17, 15) is 39.5 Å². The van der Waals surface area contributed by atoms with E-state index in [1.807, 2.05) is 0 Å². The average Bonchev–Trinajstić information content (AvgIpc) is 3.18. The standard InChI is InChI=1S/C22H33FO5S.C6H14N4O2/c23-18-8-5-6-9-21(18)29-14-15(24)11-12-17-16(19(25)13-20(17)26)7-3-1-2-4-10-22(27)28;7-4(5(11)12)2-1-3-10-6(8)9/h5-6,8-9,15-17,19-20,24-26H,1-4,7,10-14H2,(H,27,28);4H,1-3,7H2,(H,11,12)(H4,8,9,10)/t15-,16-,17-,19+,20-;4-/m10/s1. The lowest BCUT2D eigenvalue weighted by atomic mass is 9.85. The second-order valence-corrected chi connectivity index (χ2v) is 11.6. The molecule has 0 heterocycles. The molecular weight excluding hydrogens is 555 g/mol. The Morgan fingerprint density at radius 3 is 2.27 bits per heavy atom. The van der Waals surface area contributed by atoms with E-state index in [2.05, 4.69) is 10.7 Å². The van der Waals surface area contributed by atoms with Crippen LogP contribution >= 0.6 is 11.8 Å². The van der Waals surface area contributed by atoms with Gasteiger partial charge in [0.25, 0.3) is 0 Å². The van der Waals surface area contributed by atoms with Crippen LogP contribution in [0.15, 0.2) is 29.2 Å². The molecule has 6 atom stereocenters. The van der Waals surface area contributed by atoms with Crippen LogP contribution in [-0.2, 0) is 9.59 Å². The first-order chi connectivity index (χ1) is 19.4. The summed E-state index contributed by atoms with van der Waals surface area (Å²) < 4.78 is 13.7. The number of aliphatic carboxylic acids is 2. The number of guanidine groups is 1. The first-order valence-electron chi connectivity index (χ1n) is 14.2. The van der Waals surface area contributed by atoms with Crippen LogP contribution in [0.1, 0.15) is 70.6 Å². The van der Waals surface area contributed by atoms with Crippen LogP contribution in [0.25, 0.3) is 0 Å². The van der Waals surface area contributed by atoms with E-state index in [0.717, 1.165) is 25.7 Å². The van der Waals surface area contributed by atoms with Gasteiger partial charge in [-0.15, -0.1) is 11.8 Å². The lowest BCUT2D eigenvalue weighted by Gasteiger charge is -2.24. The molecule has 41 heavy (non-hydrogen) atoms. The minimum atomic E-state index is -1.13. The molecule has 0 aliphatic heterocycles. The summed E-state index contributed by atoms with van der Waals surface area (Å²) in [4.78, 5) is 23.8. The van der Waals surface area contributed by atoms with E-state index >= 15 is 0 Å². The third-order valence-corrected chi connectivity index (χ3v) is 8.38. The molecular formula is C28H47FN4O7S. The Hall–Kier alpha value is -2.45. The topological polar surface area (TPSA) is 235 Å². The van der Waals surface area contributed by atoms with Gasteiger partial charge in [-0.2, -0.15) is 0 Å². The van der Waals surface area contributed by atoms with Crippen molar-refractivity contribution in [2.75, 3.05) is 12.3 Å². The molecule has 11 N–H and O–H groups in total. The predicted molar refractivity (Wildman–Crippen MR) is 149 cm³/mol. The van der Waals surface area contributed by atoms with Gasteiger partial charge in [-0.05, 0) is 68.9 Å². The van der Waals surface area contributed by atoms with Crippen LogP contribution in [0.3, 0.4) is 0 Å². The molecule has 1 aliphatic carbocycles. The molecule has 11 nitrogen and oxygen atoms in total. The number of aliphatic hydroxyl groups excluding tert-OH is 3. The van der Waals surface area contributed by atoms with Crippen molar-refractivity contribution in [1.29, 1.82) is 0 Å². The Morgan fingerprint density at radius 1 is 1.02 bits per heavy atom. The predicted octanol–water partition coefficient (Wildman–Crippen LogP) is -3.01. The number of carbonyl (C=O) groups is 2. The van der Waals surface area contributed by atoms with Crippen molar-refractivity contribution in [3.8, 4) is 0 Å². The summed E-state index contributed by atoms with van der Waals surface area (Å²) in [6.07, 6.45) is 4.93. The van der Waals surface area contributed by atoms with Gasteiger partial charge in [0.05, 0.1) is 30.8 Å². The van der Waals surface area contributed by atoms with Crippen LogP contribution < -0.4 is 32.4 Å². The highest BCUT2D eigenvalue weighted by atomic mass is 32.2. The van der Waals surface area contributed by atoms with Crippen molar-refractivity contribution < 1.29 is 50.2 Å². The van der Waals surface area contributed by atoms with Gasteiger partial charge in [0.15, 0.2) is 0 Å². The Bertz CT molecular complexity index is 938. The van der Waals surface area contributed by atoms with Crippen LogP contribution in [0.2, 0.25) is 0 Å². The summed E-state index contributed by atoms with van der Waals surface area (Å²) in [6.45, 7) is 0.557. The minimum absolute atomic E-state index is 0.00226. The first-order valence-corrected chi connectivity index (χ1v) is 15.2.